The van der Waals surface area contributed by atoms with Crippen LogP contribution in [0.3, 0.4) is 0 Å². The molecule has 3 nitrogen and oxygen atoms in total. The van der Waals surface area contributed by atoms with Crippen LogP contribution in [-0.4, -0.2) is 19.6 Å². The van der Waals surface area contributed by atoms with Crippen molar-refractivity contribution < 1.29 is 9.53 Å². The molecule has 0 N–H and O–H groups in total. The van der Waals surface area contributed by atoms with E-state index >= 15 is 0 Å². The highest BCUT2D eigenvalue weighted by molar-refractivity contribution is 9.10. The number of ether oxygens (including phenoxy) is 1. The number of carbonyl (C=O) groups excluding carboxylic acids is 1. The molecule has 2 rings (SSSR count). The average molecular weight is 284 g/mol. The number of nitrogens with zero attached hydrogens (tertiary/aromatic N) is 1. The Morgan fingerprint density at radius 1 is 1.38 bits per heavy atom. The maximum absolute atomic E-state index is 11.8. The van der Waals surface area contributed by atoms with Crippen molar-refractivity contribution in [2.45, 2.75) is 19.3 Å². The van der Waals surface area contributed by atoms with Crippen LogP contribution >= 0.6 is 15.9 Å². The lowest BCUT2D eigenvalue weighted by Gasteiger charge is -2.27. The van der Waals surface area contributed by atoms with Crippen molar-refractivity contribution in [1.29, 1.82) is 0 Å². The smallest absolute Gasteiger partial charge is 0.227 e. The highest BCUT2D eigenvalue weighted by Crippen LogP contribution is 2.32. The molecule has 1 heterocycles. The largest absolute Gasteiger partial charge is 0.497 e. The Balaban J connectivity index is 2.33. The van der Waals surface area contributed by atoms with E-state index in [4.69, 9.17) is 4.74 Å². The zero-order chi connectivity index (χ0) is 11.5. The number of methoxy groups -OCH3 is 1. The molecule has 0 unspecified atom stereocenters. The van der Waals surface area contributed by atoms with E-state index < -0.39 is 0 Å². The van der Waals surface area contributed by atoms with Crippen LogP contribution in [0.4, 0.5) is 5.69 Å². The van der Waals surface area contributed by atoms with Crippen LogP contribution in [0.5, 0.6) is 5.75 Å². The summed E-state index contributed by atoms with van der Waals surface area (Å²) in [5.74, 6) is 0.969. The normalized spacial score (nSPS) is 16.4. The van der Waals surface area contributed by atoms with Gasteiger partial charge in [-0.25, -0.2) is 0 Å². The van der Waals surface area contributed by atoms with E-state index in [0.717, 1.165) is 35.3 Å². The van der Waals surface area contributed by atoms with Gasteiger partial charge in [-0.2, -0.15) is 0 Å². The fourth-order valence-corrected chi connectivity index (χ4v) is 2.35. The second-order valence-electron chi connectivity index (χ2n) is 3.82. The summed E-state index contributed by atoms with van der Waals surface area (Å²) in [6, 6.07) is 5.69. The summed E-state index contributed by atoms with van der Waals surface area (Å²) in [5.41, 5.74) is 0.907. The third-order valence-corrected chi connectivity index (χ3v) is 3.44. The third kappa shape index (κ3) is 2.21. The molecule has 16 heavy (non-hydrogen) atoms. The Bertz CT molecular complexity index is 406. The van der Waals surface area contributed by atoms with Gasteiger partial charge in [0.25, 0.3) is 0 Å². The molecule has 0 aliphatic carbocycles. The molecule has 0 radical (unpaired) electrons. The van der Waals surface area contributed by atoms with Crippen LogP contribution in [0.25, 0.3) is 0 Å². The van der Waals surface area contributed by atoms with Gasteiger partial charge in [-0.05, 0) is 40.9 Å². The van der Waals surface area contributed by atoms with Gasteiger partial charge in [-0.15, -0.1) is 0 Å². The highest BCUT2D eigenvalue weighted by atomic mass is 79.9. The van der Waals surface area contributed by atoms with Crippen molar-refractivity contribution in [1.82, 2.24) is 0 Å². The quantitative estimate of drug-likeness (QED) is 0.835. The maximum Gasteiger partial charge on any atom is 0.227 e. The number of benzene rings is 1. The molecule has 1 aromatic carbocycles. The SMILES string of the molecule is COc1ccc(Br)c(N2CCCCC2=O)c1. The Hall–Kier alpha value is -1.03. The number of halogens is 1. The molecule has 1 aromatic rings. The van der Waals surface area contributed by atoms with Gasteiger partial charge in [-0.1, -0.05) is 0 Å². The number of anilines is 1. The standard InChI is InChI=1S/C12H14BrNO2/c1-16-9-5-6-10(13)11(8-9)14-7-3-2-4-12(14)15/h5-6,8H,2-4,7H2,1H3. The van der Waals surface area contributed by atoms with Gasteiger partial charge in [0.05, 0.1) is 12.8 Å². The molecule has 4 heteroatoms. The van der Waals surface area contributed by atoms with Gasteiger partial charge < -0.3 is 9.64 Å². The Morgan fingerprint density at radius 3 is 2.88 bits per heavy atom. The lowest BCUT2D eigenvalue weighted by molar-refractivity contribution is -0.119. The topological polar surface area (TPSA) is 29.5 Å². The summed E-state index contributed by atoms with van der Waals surface area (Å²) in [6.45, 7) is 0.796. The van der Waals surface area contributed by atoms with Crippen molar-refractivity contribution in [3.63, 3.8) is 0 Å². The lowest BCUT2D eigenvalue weighted by atomic mass is 10.1. The maximum atomic E-state index is 11.8. The van der Waals surface area contributed by atoms with Crippen LogP contribution in [0, 0.1) is 0 Å². The van der Waals surface area contributed by atoms with Crippen molar-refractivity contribution in [2.75, 3.05) is 18.6 Å². The van der Waals surface area contributed by atoms with Gasteiger partial charge in [-0.3, -0.25) is 4.79 Å². The monoisotopic (exact) mass is 283 g/mol. The molecule has 0 atom stereocenters. The van der Waals surface area contributed by atoms with Crippen LogP contribution < -0.4 is 9.64 Å². The molecule has 0 aromatic heterocycles. The van der Waals surface area contributed by atoms with Crippen molar-refractivity contribution in [2.24, 2.45) is 0 Å². The molecule has 0 saturated carbocycles. The molecule has 0 bridgehead atoms. The van der Waals surface area contributed by atoms with Gasteiger partial charge in [0.15, 0.2) is 0 Å². The molecule has 1 fully saturated rings. The summed E-state index contributed by atoms with van der Waals surface area (Å²) in [5, 5.41) is 0. The van der Waals surface area contributed by atoms with E-state index in [-0.39, 0.29) is 5.91 Å². The summed E-state index contributed by atoms with van der Waals surface area (Å²) in [6.07, 6.45) is 2.70. The van der Waals surface area contributed by atoms with E-state index in [0.29, 0.717) is 6.42 Å². The fourth-order valence-electron chi connectivity index (χ4n) is 1.89. The summed E-state index contributed by atoms with van der Waals surface area (Å²) >= 11 is 3.47. The second kappa shape index (κ2) is 4.87. The minimum atomic E-state index is 0.195. The third-order valence-electron chi connectivity index (χ3n) is 2.77. The van der Waals surface area contributed by atoms with E-state index in [9.17, 15) is 4.79 Å². The molecule has 0 spiro atoms. The second-order valence-corrected chi connectivity index (χ2v) is 4.67. The Labute approximate surface area is 104 Å². The molecule has 1 aliphatic rings. The van der Waals surface area contributed by atoms with E-state index in [1.54, 1.807) is 7.11 Å². The van der Waals surface area contributed by atoms with Crippen LogP contribution in [0.2, 0.25) is 0 Å². The van der Waals surface area contributed by atoms with Crippen LogP contribution in [0.15, 0.2) is 22.7 Å². The van der Waals surface area contributed by atoms with Crippen molar-refractivity contribution in [3.8, 4) is 5.75 Å². The van der Waals surface area contributed by atoms with Gasteiger partial charge in [0.2, 0.25) is 5.91 Å². The average Bonchev–Trinajstić information content (AvgIpc) is 2.31. The predicted molar refractivity (Wildman–Crippen MR) is 66.9 cm³/mol. The first kappa shape index (κ1) is 11.5. The molecular weight excluding hydrogens is 270 g/mol. The Morgan fingerprint density at radius 2 is 2.19 bits per heavy atom. The number of piperidine rings is 1. The summed E-state index contributed by atoms with van der Waals surface area (Å²) < 4.78 is 6.11. The minimum absolute atomic E-state index is 0.195. The molecular formula is C12H14BrNO2. The molecule has 86 valence electrons. The minimum Gasteiger partial charge on any atom is -0.497 e. The van der Waals surface area contributed by atoms with Gasteiger partial charge >= 0.3 is 0 Å². The molecule has 1 aliphatic heterocycles. The zero-order valence-electron chi connectivity index (χ0n) is 9.20. The number of hydrogen-bond acceptors (Lipinski definition) is 2. The van der Waals surface area contributed by atoms with Gasteiger partial charge in [0, 0.05) is 23.5 Å². The summed E-state index contributed by atoms with van der Waals surface area (Å²) in [7, 11) is 1.63. The lowest BCUT2D eigenvalue weighted by Crippen LogP contribution is -2.35. The van der Waals surface area contributed by atoms with Gasteiger partial charge in [0.1, 0.15) is 5.75 Å². The fraction of sp³-hybridized carbons (Fsp3) is 0.417. The highest BCUT2D eigenvalue weighted by Gasteiger charge is 2.21. The summed E-state index contributed by atoms with van der Waals surface area (Å²) in [4.78, 5) is 13.6. The van der Waals surface area contributed by atoms with E-state index in [2.05, 4.69) is 15.9 Å². The first-order valence-corrected chi connectivity index (χ1v) is 6.15. The number of hydrogen-bond donors (Lipinski definition) is 0. The predicted octanol–water partition coefficient (Wildman–Crippen LogP) is 2.97. The molecule has 1 amide bonds. The molecule has 1 saturated heterocycles. The first-order valence-electron chi connectivity index (χ1n) is 5.36. The number of amides is 1. The van der Waals surface area contributed by atoms with Crippen LogP contribution in [0.1, 0.15) is 19.3 Å². The van der Waals surface area contributed by atoms with E-state index in [1.807, 2.05) is 23.1 Å². The van der Waals surface area contributed by atoms with Crippen LogP contribution in [-0.2, 0) is 4.79 Å². The Kier molecular flexibility index (Phi) is 3.49. The van der Waals surface area contributed by atoms with E-state index in [1.165, 1.54) is 0 Å². The van der Waals surface area contributed by atoms with Crippen molar-refractivity contribution >= 4 is 27.5 Å². The number of carbonyl (C=O) groups is 1. The number of rotatable bonds is 2. The zero-order valence-corrected chi connectivity index (χ0v) is 10.8. The van der Waals surface area contributed by atoms with Crippen molar-refractivity contribution in [3.05, 3.63) is 22.7 Å². The first-order chi connectivity index (χ1) is 7.72.